The first kappa shape index (κ1) is 8.78. The maximum absolute atomic E-state index is 5.90. The molecule has 0 aliphatic rings. The Morgan fingerprint density at radius 3 is 2.83 bits per heavy atom. The second kappa shape index (κ2) is 3.16. The fraction of sp³-hybridized carbons (Fsp3) is 0.111. The summed E-state index contributed by atoms with van der Waals surface area (Å²) in [6.45, 7) is 2.12. The van der Waals surface area contributed by atoms with Gasteiger partial charge in [-0.25, -0.2) is 0 Å². The zero-order chi connectivity index (χ0) is 8.72. The number of rotatable bonds is 0. The summed E-state index contributed by atoms with van der Waals surface area (Å²) >= 11 is 9.88. The first-order chi connectivity index (χ1) is 5.66. The zero-order valence-corrected chi connectivity index (χ0v) is 10.1. The van der Waals surface area contributed by atoms with Gasteiger partial charge >= 0.3 is 0 Å². The molecule has 0 nitrogen and oxygen atoms in total. The van der Waals surface area contributed by atoms with Gasteiger partial charge in [0.05, 0.1) is 4.34 Å². The summed E-state index contributed by atoms with van der Waals surface area (Å²) in [6.07, 6.45) is 0. The quantitative estimate of drug-likeness (QED) is 0.630. The average Bonchev–Trinajstić information content (AvgIpc) is 2.30. The highest BCUT2D eigenvalue weighted by molar-refractivity contribution is 14.1. The molecule has 2 aromatic rings. The summed E-state index contributed by atoms with van der Waals surface area (Å²) in [5.74, 6) is 0. The highest BCUT2D eigenvalue weighted by Gasteiger charge is 2.02. The van der Waals surface area contributed by atoms with Crippen molar-refractivity contribution in [2.24, 2.45) is 0 Å². The van der Waals surface area contributed by atoms with E-state index < -0.39 is 0 Å². The van der Waals surface area contributed by atoms with Crippen LogP contribution in [0.1, 0.15) is 5.56 Å². The molecule has 2 rings (SSSR count). The molecule has 12 heavy (non-hydrogen) atoms. The Morgan fingerprint density at radius 2 is 2.08 bits per heavy atom. The lowest BCUT2D eigenvalue weighted by molar-refractivity contribution is 1.47. The molecule has 0 radical (unpaired) electrons. The fourth-order valence-corrected chi connectivity index (χ4v) is 3.00. The van der Waals surface area contributed by atoms with E-state index in [9.17, 15) is 0 Å². The van der Waals surface area contributed by atoms with Gasteiger partial charge in [-0.3, -0.25) is 0 Å². The number of aryl methyl sites for hydroxylation is 1. The smallest absolute Gasteiger partial charge is 0.0940 e. The van der Waals surface area contributed by atoms with Crippen molar-refractivity contribution in [3.63, 3.8) is 0 Å². The van der Waals surface area contributed by atoms with Gasteiger partial charge in [-0.1, -0.05) is 11.6 Å². The van der Waals surface area contributed by atoms with Crippen LogP contribution in [0.2, 0.25) is 4.34 Å². The van der Waals surface area contributed by atoms with Crippen molar-refractivity contribution in [3.8, 4) is 0 Å². The lowest BCUT2D eigenvalue weighted by Crippen LogP contribution is -1.76. The molecule has 1 aromatic heterocycles. The van der Waals surface area contributed by atoms with Crippen LogP contribution in [0.3, 0.4) is 0 Å². The van der Waals surface area contributed by atoms with Gasteiger partial charge in [0.1, 0.15) is 0 Å². The van der Waals surface area contributed by atoms with Gasteiger partial charge in [0.15, 0.2) is 0 Å². The van der Waals surface area contributed by atoms with E-state index in [-0.39, 0.29) is 0 Å². The van der Waals surface area contributed by atoms with Gasteiger partial charge in [-0.2, -0.15) is 0 Å². The summed E-state index contributed by atoms with van der Waals surface area (Å²) < 4.78 is 3.44. The van der Waals surface area contributed by atoms with Crippen LogP contribution >= 0.6 is 45.5 Å². The molecule has 1 heterocycles. The third kappa shape index (κ3) is 1.47. The molecular weight excluding hydrogens is 303 g/mol. The van der Waals surface area contributed by atoms with Crippen LogP contribution in [0.5, 0.6) is 0 Å². The van der Waals surface area contributed by atoms with Gasteiger partial charge in [0.2, 0.25) is 0 Å². The number of halogens is 2. The maximum Gasteiger partial charge on any atom is 0.0940 e. The normalized spacial score (nSPS) is 10.9. The van der Waals surface area contributed by atoms with Crippen molar-refractivity contribution in [3.05, 3.63) is 31.7 Å². The van der Waals surface area contributed by atoms with Crippen LogP contribution in [0.4, 0.5) is 0 Å². The first-order valence-electron chi connectivity index (χ1n) is 3.52. The number of fused-ring (bicyclic) bond motifs is 1. The Bertz CT molecular complexity index is 394. The summed E-state index contributed by atoms with van der Waals surface area (Å²) in [5.41, 5.74) is 1.32. The first-order valence-corrected chi connectivity index (χ1v) is 5.79. The molecule has 62 valence electrons. The van der Waals surface area contributed by atoms with Crippen LogP contribution < -0.4 is 0 Å². The molecule has 0 saturated carbocycles. The number of benzene rings is 1. The summed E-state index contributed by atoms with van der Waals surface area (Å²) in [4.78, 5) is 0. The van der Waals surface area contributed by atoms with E-state index in [1.54, 1.807) is 11.3 Å². The van der Waals surface area contributed by atoms with E-state index >= 15 is 0 Å². The monoisotopic (exact) mass is 308 g/mol. The average molecular weight is 309 g/mol. The topological polar surface area (TPSA) is 0 Å². The molecule has 0 bridgehead atoms. The number of hydrogen-bond acceptors (Lipinski definition) is 1. The Balaban J connectivity index is 2.83. The van der Waals surface area contributed by atoms with E-state index in [0.29, 0.717) is 0 Å². The van der Waals surface area contributed by atoms with E-state index in [2.05, 4.69) is 41.6 Å². The summed E-state index contributed by atoms with van der Waals surface area (Å²) in [5, 5.41) is 1.25. The molecule has 0 aliphatic carbocycles. The molecule has 0 fully saturated rings. The molecule has 0 atom stereocenters. The second-order valence-corrected chi connectivity index (χ2v) is 5.57. The molecule has 0 amide bonds. The van der Waals surface area contributed by atoms with Crippen LogP contribution in [0.15, 0.2) is 18.2 Å². The Morgan fingerprint density at radius 1 is 1.33 bits per heavy atom. The molecule has 0 spiro atoms. The van der Waals surface area contributed by atoms with Gasteiger partial charge in [-0.05, 0) is 58.7 Å². The minimum atomic E-state index is 0.867. The van der Waals surface area contributed by atoms with Crippen molar-refractivity contribution in [2.45, 2.75) is 6.92 Å². The van der Waals surface area contributed by atoms with Crippen molar-refractivity contribution in [1.29, 1.82) is 0 Å². The van der Waals surface area contributed by atoms with Gasteiger partial charge in [0.25, 0.3) is 0 Å². The van der Waals surface area contributed by atoms with Crippen LogP contribution in [0.25, 0.3) is 10.1 Å². The van der Waals surface area contributed by atoms with Crippen molar-refractivity contribution in [1.82, 2.24) is 0 Å². The molecule has 0 unspecified atom stereocenters. The summed E-state index contributed by atoms with van der Waals surface area (Å²) in [6, 6.07) is 6.38. The Labute approximate surface area is 93.7 Å². The van der Waals surface area contributed by atoms with Crippen LogP contribution in [-0.2, 0) is 0 Å². The summed E-state index contributed by atoms with van der Waals surface area (Å²) in [7, 11) is 0. The van der Waals surface area contributed by atoms with Gasteiger partial charge in [0, 0.05) is 8.27 Å². The molecule has 3 heteroatoms. The SMILES string of the molecule is Cc1cc2cc(Cl)sc2cc1I. The highest BCUT2D eigenvalue weighted by Crippen LogP contribution is 2.31. The number of hydrogen-bond donors (Lipinski definition) is 0. The third-order valence-electron chi connectivity index (χ3n) is 1.77. The minimum Gasteiger partial charge on any atom is -0.123 e. The predicted molar refractivity (Wildman–Crippen MR) is 64.3 cm³/mol. The Hall–Kier alpha value is 0.200. The largest absolute Gasteiger partial charge is 0.123 e. The second-order valence-electron chi connectivity index (χ2n) is 2.69. The fourth-order valence-electron chi connectivity index (χ4n) is 1.14. The van der Waals surface area contributed by atoms with Crippen molar-refractivity contribution in [2.75, 3.05) is 0 Å². The zero-order valence-electron chi connectivity index (χ0n) is 6.40. The minimum absolute atomic E-state index is 0.867. The van der Waals surface area contributed by atoms with Crippen molar-refractivity contribution >= 4 is 55.6 Å². The Kier molecular flexibility index (Phi) is 2.31. The van der Waals surface area contributed by atoms with Gasteiger partial charge in [-0.15, -0.1) is 11.3 Å². The molecule has 0 aliphatic heterocycles. The maximum atomic E-state index is 5.90. The predicted octanol–water partition coefficient (Wildman–Crippen LogP) is 4.47. The van der Waals surface area contributed by atoms with E-state index in [0.717, 1.165) is 4.34 Å². The standard InChI is InChI=1S/C9H6ClIS/c1-5-2-6-3-9(10)12-8(6)4-7(5)11/h2-4H,1H3. The van der Waals surface area contributed by atoms with Crippen molar-refractivity contribution < 1.29 is 0 Å². The third-order valence-corrected chi connectivity index (χ3v) is 4.16. The van der Waals surface area contributed by atoms with Crippen LogP contribution in [-0.4, -0.2) is 0 Å². The van der Waals surface area contributed by atoms with Gasteiger partial charge < -0.3 is 0 Å². The molecule has 1 aromatic carbocycles. The van der Waals surface area contributed by atoms with E-state index in [1.165, 1.54) is 19.2 Å². The lowest BCUT2D eigenvalue weighted by atomic mass is 10.2. The van der Waals surface area contributed by atoms with E-state index in [1.807, 2.05) is 6.07 Å². The molecular formula is C9H6ClIS. The van der Waals surface area contributed by atoms with E-state index in [4.69, 9.17) is 11.6 Å². The number of thiophene rings is 1. The van der Waals surface area contributed by atoms with Crippen LogP contribution in [0, 0.1) is 10.5 Å². The molecule has 0 saturated heterocycles. The lowest BCUT2D eigenvalue weighted by Gasteiger charge is -1.96. The molecule has 0 N–H and O–H groups in total. The highest BCUT2D eigenvalue weighted by atomic mass is 127.